The lowest BCUT2D eigenvalue weighted by atomic mass is 9.99. The van der Waals surface area contributed by atoms with Crippen molar-refractivity contribution in [1.29, 1.82) is 0 Å². The third-order valence-corrected chi connectivity index (χ3v) is 4.84. The Morgan fingerprint density at radius 2 is 1.81 bits per heavy atom. The fraction of sp³-hybridized carbons (Fsp3) is 0.450. The van der Waals surface area contributed by atoms with Gasteiger partial charge in [-0.25, -0.2) is 14.8 Å². The van der Waals surface area contributed by atoms with Crippen LogP contribution in [0.5, 0.6) is 0 Å². The fourth-order valence-electron chi connectivity index (χ4n) is 3.06. The minimum absolute atomic E-state index is 0.306. The molecule has 2 heterocycles. The lowest BCUT2D eigenvalue weighted by Crippen LogP contribution is -2.33. The SMILES string of the molecule is CC1CCN(c2cc(NC(=O)Nc3ccc(C(C)C)cc3)ncn2)CC1. The number of carbonyl (C=O) groups excluding carboxylic acids is 1. The number of nitrogens with zero attached hydrogens (tertiary/aromatic N) is 3. The Bertz CT molecular complexity index is 736. The first-order valence-corrected chi connectivity index (χ1v) is 9.26. The molecule has 0 spiro atoms. The number of benzene rings is 1. The molecule has 0 atom stereocenters. The molecule has 0 unspecified atom stereocenters. The van der Waals surface area contributed by atoms with Gasteiger partial charge < -0.3 is 10.2 Å². The zero-order chi connectivity index (χ0) is 18.5. The van der Waals surface area contributed by atoms with Crippen LogP contribution in [0.25, 0.3) is 0 Å². The Labute approximate surface area is 155 Å². The highest BCUT2D eigenvalue weighted by atomic mass is 16.2. The van der Waals surface area contributed by atoms with Crippen LogP contribution in [0, 0.1) is 5.92 Å². The summed E-state index contributed by atoms with van der Waals surface area (Å²) in [7, 11) is 0. The van der Waals surface area contributed by atoms with E-state index in [1.165, 1.54) is 24.7 Å². The number of aromatic nitrogens is 2. The molecular weight excluding hydrogens is 326 g/mol. The van der Waals surface area contributed by atoms with Crippen molar-refractivity contribution in [3.05, 3.63) is 42.2 Å². The zero-order valence-electron chi connectivity index (χ0n) is 15.7. The standard InChI is InChI=1S/C20H27N5O/c1-14(2)16-4-6-17(7-5-16)23-20(26)24-18-12-19(22-13-21-18)25-10-8-15(3)9-11-25/h4-7,12-15H,8-11H2,1-3H3,(H2,21,22,23,24,26). The fourth-order valence-corrected chi connectivity index (χ4v) is 3.06. The summed E-state index contributed by atoms with van der Waals surface area (Å²) in [5.41, 5.74) is 2.00. The smallest absolute Gasteiger partial charge is 0.324 e. The Morgan fingerprint density at radius 1 is 1.12 bits per heavy atom. The molecule has 138 valence electrons. The average molecular weight is 353 g/mol. The van der Waals surface area contributed by atoms with Gasteiger partial charge in [0.1, 0.15) is 18.0 Å². The first-order valence-electron chi connectivity index (χ1n) is 9.26. The molecule has 0 radical (unpaired) electrons. The van der Waals surface area contributed by atoms with Gasteiger partial charge in [0.15, 0.2) is 0 Å². The van der Waals surface area contributed by atoms with Crippen molar-refractivity contribution < 1.29 is 4.79 Å². The van der Waals surface area contributed by atoms with Crippen molar-refractivity contribution in [3.8, 4) is 0 Å². The van der Waals surface area contributed by atoms with Crippen LogP contribution in [-0.2, 0) is 0 Å². The summed E-state index contributed by atoms with van der Waals surface area (Å²) in [6.07, 6.45) is 3.83. The second kappa shape index (κ2) is 8.17. The minimum atomic E-state index is -0.306. The molecule has 2 aromatic rings. The van der Waals surface area contributed by atoms with Crippen LogP contribution in [0.2, 0.25) is 0 Å². The third kappa shape index (κ3) is 4.71. The Hall–Kier alpha value is -2.63. The largest absolute Gasteiger partial charge is 0.356 e. The molecule has 1 saturated heterocycles. The van der Waals surface area contributed by atoms with Crippen molar-refractivity contribution in [2.24, 2.45) is 5.92 Å². The monoisotopic (exact) mass is 353 g/mol. The summed E-state index contributed by atoms with van der Waals surface area (Å²) in [5, 5.41) is 5.63. The summed E-state index contributed by atoms with van der Waals surface area (Å²) in [6, 6.07) is 9.40. The maximum atomic E-state index is 12.2. The van der Waals surface area contributed by atoms with Crippen LogP contribution >= 0.6 is 0 Å². The van der Waals surface area contributed by atoms with Crippen LogP contribution in [0.1, 0.15) is 45.1 Å². The van der Waals surface area contributed by atoms with Gasteiger partial charge in [0, 0.05) is 24.8 Å². The van der Waals surface area contributed by atoms with Gasteiger partial charge in [0.05, 0.1) is 0 Å². The van der Waals surface area contributed by atoms with Crippen LogP contribution in [0.15, 0.2) is 36.7 Å². The lowest BCUT2D eigenvalue weighted by Gasteiger charge is -2.31. The summed E-state index contributed by atoms with van der Waals surface area (Å²) in [6.45, 7) is 8.55. The van der Waals surface area contributed by atoms with Crippen LogP contribution in [0.3, 0.4) is 0 Å². The maximum Gasteiger partial charge on any atom is 0.324 e. The molecule has 3 rings (SSSR count). The van der Waals surface area contributed by atoms with E-state index >= 15 is 0 Å². The minimum Gasteiger partial charge on any atom is -0.356 e. The summed E-state index contributed by atoms with van der Waals surface area (Å²) in [4.78, 5) is 23.0. The molecule has 0 saturated carbocycles. The van der Waals surface area contributed by atoms with E-state index in [0.717, 1.165) is 30.5 Å². The van der Waals surface area contributed by atoms with E-state index in [9.17, 15) is 4.79 Å². The Kier molecular flexibility index (Phi) is 5.71. The molecule has 1 aliphatic rings. The molecule has 1 fully saturated rings. The number of anilines is 3. The van der Waals surface area contributed by atoms with Crippen molar-refractivity contribution in [3.63, 3.8) is 0 Å². The van der Waals surface area contributed by atoms with E-state index in [0.29, 0.717) is 11.7 Å². The highest BCUT2D eigenvalue weighted by Gasteiger charge is 2.17. The van der Waals surface area contributed by atoms with Crippen molar-refractivity contribution in [2.75, 3.05) is 28.6 Å². The van der Waals surface area contributed by atoms with E-state index < -0.39 is 0 Å². The molecule has 1 aliphatic heterocycles. The summed E-state index contributed by atoms with van der Waals surface area (Å²) >= 11 is 0. The second-order valence-corrected chi connectivity index (χ2v) is 7.29. The van der Waals surface area contributed by atoms with Gasteiger partial charge in [0.2, 0.25) is 0 Å². The van der Waals surface area contributed by atoms with Crippen LogP contribution in [0.4, 0.5) is 22.1 Å². The number of carbonyl (C=O) groups is 1. The molecule has 2 amide bonds. The van der Waals surface area contributed by atoms with Gasteiger partial charge in [-0.05, 0) is 42.4 Å². The van der Waals surface area contributed by atoms with Gasteiger partial charge in [-0.15, -0.1) is 0 Å². The van der Waals surface area contributed by atoms with Gasteiger partial charge >= 0.3 is 6.03 Å². The van der Waals surface area contributed by atoms with E-state index in [2.05, 4.69) is 46.3 Å². The van der Waals surface area contributed by atoms with Gasteiger partial charge in [-0.1, -0.05) is 32.9 Å². The van der Waals surface area contributed by atoms with E-state index in [1.807, 2.05) is 30.3 Å². The first kappa shape index (κ1) is 18.2. The molecule has 0 bridgehead atoms. The van der Waals surface area contributed by atoms with Gasteiger partial charge in [0.25, 0.3) is 0 Å². The number of urea groups is 1. The lowest BCUT2D eigenvalue weighted by molar-refractivity contribution is 0.262. The Balaban J connectivity index is 1.59. The summed E-state index contributed by atoms with van der Waals surface area (Å²) in [5.74, 6) is 2.60. The second-order valence-electron chi connectivity index (χ2n) is 7.29. The predicted molar refractivity (Wildman–Crippen MR) is 106 cm³/mol. The van der Waals surface area contributed by atoms with Crippen LogP contribution < -0.4 is 15.5 Å². The van der Waals surface area contributed by atoms with Gasteiger partial charge in [-0.3, -0.25) is 5.32 Å². The van der Waals surface area contributed by atoms with E-state index in [-0.39, 0.29) is 6.03 Å². The third-order valence-electron chi connectivity index (χ3n) is 4.84. The predicted octanol–water partition coefficient (Wildman–Crippen LogP) is 4.48. The molecular formula is C20H27N5O. The topological polar surface area (TPSA) is 70.2 Å². The molecule has 6 heteroatoms. The number of piperidine rings is 1. The quantitative estimate of drug-likeness (QED) is 0.850. The Morgan fingerprint density at radius 3 is 2.46 bits per heavy atom. The number of rotatable bonds is 4. The zero-order valence-corrected chi connectivity index (χ0v) is 15.7. The molecule has 0 aliphatic carbocycles. The van der Waals surface area contributed by atoms with Crippen molar-refractivity contribution >= 4 is 23.4 Å². The molecule has 6 nitrogen and oxygen atoms in total. The van der Waals surface area contributed by atoms with Crippen molar-refractivity contribution in [1.82, 2.24) is 9.97 Å². The van der Waals surface area contributed by atoms with Gasteiger partial charge in [-0.2, -0.15) is 0 Å². The highest BCUT2D eigenvalue weighted by Crippen LogP contribution is 2.22. The first-order chi connectivity index (χ1) is 12.5. The average Bonchev–Trinajstić information content (AvgIpc) is 2.63. The molecule has 1 aromatic heterocycles. The number of nitrogens with one attached hydrogen (secondary N) is 2. The van der Waals surface area contributed by atoms with E-state index in [1.54, 1.807) is 0 Å². The van der Waals surface area contributed by atoms with Crippen LogP contribution in [-0.4, -0.2) is 29.1 Å². The normalized spacial score (nSPS) is 15.2. The van der Waals surface area contributed by atoms with Crippen molar-refractivity contribution in [2.45, 2.75) is 39.5 Å². The van der Waals surface area contributed by atoms with E-state index in [4.69, 9.17) is 0 Å². The maximum absolute atomic E-state index is 12.2. The molecule has 26 heavy (non-hydrogen) atoms. The number of amides is 2. The molecule has 1 aromatic carbocycles. The number of hydrogen-bond acceptors (Lipinski definition) is 4. The summed E-state index contributed by atoms with van der Waals surface area (Å²) < 4.78 is 0. The highest BCUT2D eigenvalue weighted by molar-refractivity contribution is 5.99. The molecule has 2 N–H and O–H groups in total. The number of hydrogen-bond donors (Lipinski definition) is 2.